The lowest BCUT2D eigenvalue weighted by Crippen LogP contribution is -2.37. The average Bonchev–Trinajstić information content (AvgIpc) is 2.77. The molecule has 4 amide bonds. The van der Waals surface area contributed by atoms with Crippen molar-refractivity contribution >= 4 is 17.8 Å². The molecule has 1 rings (SSSR count). The number of rotatable bonds is 9. The van der Waals surface area contributed by atoms with Crippen LogP contribution in [-0.4, -0.2) is 42.4 Å². The molecule has 1 heterocycles. The molecule has 0 aromatic heterocycles. The zero-order valence-electron chi connectivity index (χ0n) is 14.5. The number of nitrogens with one attached hydrogen (secondary N) is 2. The minimum atomic E-state index is -0.254. The van der Waals surface area contributed by atoms with Crippen molar-refractivity contribution in [1.29, 1.82) is 0 Å². The second-order valence-electron chi connectivity index (χ2n) is 7.07. The van der Waals surface area contributed by atoms with Crippen molar-refractivity contribution in [3.63, 3.8) is 0 Å². The van der Waals surface area contributed by atoms with Gasteiger partial charge in [-0.05, 0) is 31.1 Å². The van der Waals surface area contributed by atoms with Crippen LogP contribution in [-0.2, 0) is 9.59 Å². The standard InChI is InChI=1S/C17H29N3O3/c1-17(2,3)10-4-5-11-18-16(23)19-12-6-7-13-20-14(21)8-9-15(20)22/h8-9H,4-7,10-13H2,1-3H3,(H2,18,19,23). The number of hydrogen-bond donors (Lipinski definition) is 2. The van der Waals surface area contributed by atoms with Gasteiger partial charge < -0.3 is 10.6 Å². The second kappa shape index (κ2) is 9.33. The highest BCUT2D eigenvalue weighted by atomic mass is 16.2. The molecule has 0 bridgehead atoms. The molecule has 1 aliphatic rings. The summed E-state index contributed by atoms with van der Waals surface area (Å²) < 4.78 is 0. The van der Waals surface area contributed by atoms with Crippen LogP contribution in [0.3, 0.4) is 0 Å². The zero-order chi connectivity index (χ0) is 17.3. The number of carbonyl (C=O) groups is 3. The SMILES string of the molecule is CC(C)(C)CCCCNC(=O)NCCCCN1C(=O)C=CC1=O. The number of hydrogen-bond acceptors (Lipinski definition) is 3. The number of carbonyl (C=O) groups excluding carboxylic acids is 3. The number of amides is 4. The van der Waals surface area contributed by atoms with Crippen LogP contribution in [0.15, 0.2) is 12.2 Å². The molecule has 0 spiro atoms. The molecule has 0 saturated carbocycles. The summed E-state index contributed by atoms with van der Waals surface area (Å²) in [6.07, 6.45) is 7.23. The first-order valence-corrected chi connectivity index (χ1v) is 8.35. The van der Waals surface area contributed by atoms with E-state index in [-0.39, 0.29) is 17.8 Å². The normalized spacial score (nSPS) is 14.5. The Morgan fingerprint density at radius 2 is 1.48 bits per heavy atom. The van der Waals surface area contributed by atoms with E-state index in [1.165, 1.54) is 17.1 Å². The topological polar surface area (TPSA) is 78.5 Å². The highest BCUT2D eigenvalue weighted by molar-refractivity contribution is 6.12. The minimum Gasteiger partial charge on any atom is -0.338 e. The van der Waals surface area contributed by atoms with Gasteiger partial charge in [0.25, 0.3) is 11.8 Å². The molecule has 2 N–H and O–H groups in total. The smallest absolute Gasteiger partial charge is 0.314 e. The second-order valence-corrected chi connectivity index (χ2v) is 7.07. The van der Waals surface area contributed by atoms with E-state index in [1.54, 1.807) is 0 Å². The molecule has 0 saturated heterocycles. The Morgan fingerprint density at radius 3 is 2.00 bits per heavy atom. The third-order valence-corrected chi connectivity index (χ3v) is 3.63. The number of urea groups is 1. The predicted molar refractivity (Wildman–Crippen MR) is 89.8 cm³/mol. The molecule has 130 valence electrons. The fourth-order valence-corrected chi connectivity index (χ4v) is 2.29. The molecule has 0 radical (unpaired) electrons. The summed E-state index contributed by atoms with van der Waals surface area (Å²) in [5, 5.41) is 5.62. The maximum Gasteiger partial charge on any atom is 0.314 e. The third-order valence-electron chi connectivity index (χ3n) is 3.63. The van der Waals surface area contributed by atoms with E-state index in [0.717, 1.165) is 25.7 Å². The molecule has 0 unspecified atom stereocenters. The molecule has 1 aliphatic heterocycles. The molecule has 0 atom stereocenters. The van der Waals surface area contributed by atoms with E-state index in [1.807, 2.05) is 0 Å². The Morgan fingerprint density at radius 1 is 0.957 bits per heavy atom. The van der Waals surface area contributed by atoms with Crippen LogP contribution in [0.2, 0.25) is 0 Å². The van der Waals surface area contributed by atoms with Gasteiger partial charge in [-0.15, -0.1) is 0 Å². The van der Waals surface area contributed by atoms with E-state index >= 15 is 0 Å². The summed E-state index contributed by atoms with van der Waals surface area (Å²) in [7, 11) is 0. The maximum atomic E-state index is 11.6. The Bertz CT molecular complexity index is 434. The van der Waals surface area contributed by atoms with E-state index in [0.29, 0.717) is 31.5 Å². The highest BCUT2D eigenvalue weighted by Gasteiger charge is 2.22. The van der Waals surface area contributed by atoms with Crippen molar-refractivity contribution in [2.24, 2.45) is 5.41 Å². The Labute approximate surface area is 138 Å². The number of unbranched alkanes of at least 4 members (excludes halogenated alkanes) is 2. The van der Waals surface area contributed by atoms with Crippen molar-refractivity contribution in [2.75, 3.05) is 19.6 Å². The number of imide groups is 1. The summed E-state index contributed by atoms with van der Waals surface area (Å²) in [5.41, 5.74) is 0.343. The first kappa shape index (κ1) is 19.2. The number of nitrogens with zero attached hydrogens (tertiary/aromatic N) is 1. The third kappa shape index (κ3) is 8.38. The summed E-state index contributed by atoms with van der Waals surface area (Å²) in [6.45, 7) is 8.27. The summed E-state index contributed by atoms with van der Waals surface area (Å²) in [4.78, 5) is 35.5. The fourth-order valence-electron chi connectivity index (χ4n) is 2.29. The largest absolute Gasteiger partial charge is 0.338 e. The van der Waals surface area contributed by atoms with Crippen molar-refractivity contribution in [3.8, 4) is 0 Å². The molecule has 0 aromatic rings. The first-order chi connectivity index (χ1) is 10.8. The highest BCUT2D eigenvalue weighted by Crippen LogP contribution is 2.21. The lowest BCUT2D eigenvalue weighted by molar-refractivity contribution is -0.136. The molecule has 0 aliphatic carbocycles. The van der Waals surface area contributed by atoms with E-state index < -0.39 is 0 Å². The van der Waals surface area contributed by atoms with E-state index in [4.69, 9.17) is 0 Å². The maximum absolute atomic E-state index is 11.6. The van der Waals surface area contributed by atoms with Gasteiger partial charge in [0.2, 0.25) is 0 Å². The molecule has 6 nitrogen and oxygen atoms in total. The first-order valence-electron chi connectivity index (χ1n) is 8.35. The molecule has 6 heteroatoms. The summed E-state index contributed by atoms with van der Waals surface area (Å²) >= 11 is 0. The van der Waals surface area contributed by atoms with Gasteiger partial charge in [0.1, 0.15) is 0 Å². The molecular weight excluding hydrogens is 294 g/mol. The van der Waals surface area contributed by atoms with Crippen molar-refractivity contribution < 1.29 is 14.4 Å². The Balaban J connectivity index is 1.96. The van der Waals surface area contributed by atoms with Gasteiger partial charge in [0.15, 0.2) is 0 Å². The molecular formula is C17H29N3O3. The summed E-state index contributed by atoms with van der Waals surface area (Å²) in [5.74, 6) is -0.507. The average molecular weight is 323 g/mol. The monoisotopic (exact) mass is 323 g/mol. The van der Waals surface area contributed by atoms with Gasteiger partial charge in [0, 0.05) is 31.8 Å². The van der Waals surface area contributed by atoms with Gasteiger partial charge in [-0.25, -0.2) is 4.79 Å². The van der Waals surface area contributed by atoms with Gasteiger partial charge in [-0.3, -0.25) is 14.5 Å². The Hall–Kier alpha value is -1.85. The van der Waals surface area contributed by atoms with Crippen LogP contribution in [0, 0.1) is 5.41 Å². The van der Waals surface area contributed by atoms with Gasteiger partial charge in [0.05, 0.1) is 0 Å². The summed E-state index contributed by atoms with van der Waals surface area (Å²) in [6, 6.07) is -0.157. The lowest BCUT2D eigenvalue weighted by atomic mass is 9.90. The quantitative estimate of drug-likeness (QED) is 0.504. The fraction of sp³-hybridized carbons (Fsp3) is 0.706. The van der Waals surface area contributed by atoms with Crippen molar-refractivity contribution in [2.45, 2.75) is 52.9 Å². The van der Waals surface area contributed by atoms with E-state index in [9.17, 15) is 14.4 Å². The van der Waals surface area contributed by atoms with E-state index in [2.05, 4.69) is 31.4 Å². The lowest BCUT2D eigenvalue weighted by Gasteiger charge is -2.17. The zero-order valence-corrected chi connectivity index (χ0v) is 14.5. The van der Waals surface area contributed by atoms with Crippen LogP contribution in [0.4, 0.5) is 4.79 Å². The van der Waals surface area contributed by atoms with Gasteiger partial charge >= 0.3 is 6.03 Å². The van der Waals surface area contributed by atoms with Crippen LogP contribution >= 0.6 is 0 Å². The van der Waals surface area contributed by atoms with Crippen LogP contribution < -0.4 is 10.6 Å². The van der Waals surface area contributed by atoms with Crippen LogP contribution in [0.25, 0.3) is 0 Å². The van der Waals surface area contributed by atoms with Crippen LogP contribution in [0.5, 0.6) is 0 Å². The van der Waals surface area contributed by atoms with Crippen molar-refractivity contribution in [1.82, 2.24) is 15.5 Å². The van der Waals surface area contributed by atoms with Crippen LogP contribution in [0.1, 0.15) is 52.9 Å². The predicted octanol–water partition coefficient (Wildman–Crippen LogP) is 2.21. The Kier molecular flexibility index (Phi) is 7.78. The van der Waals surface area contributed by atoms with Gasteiger partial charge in [-0.2, -0.15) is 0 Å². The molecule has 0 fully saturated rings. The molecule has 23 heavy (non-hydrogen) atoms. The van der Waals surface area contributed by atoms with Crippen molar-refractivity contribution in [3.05, 3.63) is 12.2 Å². The molecule has 0 aromatic carbocycles. The minimum absolute atomic E-state index is 0.157. The van der Waals surface area contributed by atoms with Gasteiger partial charge in [-0.1, -0.05) is 27.2 Å².